The van der Waals surface area contributed by atoms with Crippen molar-refractivity contribution >= 4 is 23.4 Å². The molecule has 0 spiro atoms. The maximum absolute atomic E-state index is 12.0. The highest BCUT2D eigenvalue weighted by molar-refractivity contribution is 6.33. The molecule has 1 aromatic rings. The van der Waals surface area contributed by atoms with E-state index in [9.17, 15) is 9.59 Å². The van der Waals surface area contributed by atoms with Crippen LogP contribution in [0.15, 0.2) is 24.3 Å². The fraction of sp³-hybridized carbons (Fsp3) is 0.429. The van der Waals surface area contributed by atoms with E-state index in [0.29, 0.717) is 10.6 Å². The SMILES string of the molecule is CC1(C(=O)NNC(=O)c2ccccc2Cl)CCCC1. The predicted octanol–water partition coefficient (Wildman–Crippen LogP) is 2.68. The fourth-order valence-electron chi connectivity index (χ4n) is 2.36. The molecule has 0 bridgehead atoms. The van der Waals surface area contributed by atoms with Gasteiger partial charge >= 0.3 is 0 Å². The van der Waals surface area contributed by atoms with Gasteiger partial charge in [-0.3, -0.25) is 20.4 Å². The molecule has 1 fully saturated rings. The molecule has 1 aromatic carbocycles. The van der Waals surface area contributed by atoms with Gasteiger partial charge in [-0.25, -0.2) is 0 Å². The standard InChI is InChI=1S/C14H17ClN2O2/c1-14(8-4-5-9-14)13(19)17-16-12(18)10-6-2-3-7-11(10)15/h2-3,6-7H,4-5,8-9H2,1H3,(H,16,18)(H,17,19). The van der Waals surface area contributed by atoms with Crippen molar-refractivity contribution in [3.8, 4) is 0 Å². The molecule has 2 amide bonds. The minimum atomic E-state index is -0.402. The first kappa shape index (κ1) is 13.9. The molecule has 0 heterocycles. The molecule has 0 aromatic heterocycles. The minimum absolute atomic E-state index is 0.134. The Morgan fingerprint density at radius 2 is 1.79 bits per heavy atom. The van der Waals surface area contributed by atoms with Crippen LogP contribution in [0, 0.1) is 5.41 Å². The molecule has 1 aliphatic rings. The topological polar surface area (TPSA) is 58.2 Å². The number of amides is 2. The minimum Gasteiger partial charge on any atom is -0.273 e. The Morgan fingerprint density at radius 3 is 2.42 bits per heavy atom. The Labute approximate surface area is 117 Å². The quantitative estimate of drug-likeness (QED) is 0.818. The molecular weight excluding hydrogens is 264 g/mol. The van der Waals surface area contributed by atoms with E-state index in [0.717, 1.165) is 25.7 Å². The maximum Gasteiger partial charge on any atom is 0.271 e. The van der Waals surface area contributed by atoms with Crippen LogP contribution in [0.3, 0.4) is 0 Å². The lowest BCUT2D eigenvalue weighted by molar-refractivity contribution is -0.130. The number of carbonyl (C=O) groups is 2. The maximum atomic E-state index is 12.0. The van der Waals surface area contributed by atoms with Gasteiger partial charge < -0.3 is 0 Å². The molecule has 0 atom stereocenters. The largest absolute Gasteiger partial charge is 0.273 e. The molecular formula is C14H17ClN2O2. The zero-order valence-corrected chi connectivity index (χ0v) is 11.6. The number of hydrogen-bond acceptors (Lipinski definition) is 2. The molecule has 0 saturated heterocycles. The Kier molecular flexibility index (Phi) is 4.10. The first-order valence-corrected chi connectivity index (χ1v) is 6.76. The molecule has 102 valence electrons. The van der Waals surface area contributed by atoms with Crippen molar-refractivity contribution in [2.45, 2.75) is 32.6 Å². The summed E-state index contributed by atoms with van der Waals surface area (Å²) >= 11 is 5.92. The zero-order valence-electron chi connectivity index (χ0n) is 10.8. The van der Waals surface area contributed by atoms with Crippen LogP contribution in [0.25, 0.3) is 0 Å². The Balaban J connectivity index is 1.94. The molecule has 2 rings (SSSR count). The molecule has 1 saturated carbocycles. The van der Waals surface area contributed by atoms with Crippen LogP contribution < -0.4 is 10.9 Å². The van der Waals surface area contributed by atoms with Gasteiger partial charge in [0.2, 0.25) is 5.91 Å². The second-order valence-electron chi connectivity index (χ2n) is 5.16. The average Bonchev–Trinajstić information content (AvgIpc) is 2.84. The smallest absolute Gasteiger partial charge is 0.271 e. The van der Waals surface area contributed by atoms with Gasteiger partial charge in [-0.1, -0.05) is 43.5 Å². The summed E-state index contributed by atoms with van der Waals surface area (Å²) in [5.74, 6) is -0.536. The second kappa shape index (κ2) is 5.61. The van der Waals surface area contributed by atoms with E-state index in [1.54, 1.807) is 24.3 Å². The molecule has 0 radical (unpaired) electrons. The van der Waals surface area contributed by atoms with Crippen molar-refractivity contribution in [2.75, 3.05) is 0 Å². The summed E-state index contributed by atoms with van der Waals surface area (Å²) in [6.45, 7) is 1.93. The van der Waals surface area contributed by atoms with E-state index < -0.39 is 5.91 Å². The van der Waals surface area contributed by atoms with Crippen molar-refractivity contribution in [3.63, 3.8) is 0 Å². The van der Waals surface area contributed by atoms with Crippen LogP contribution >= 0.6 is 11.6 Å². The van der Waals surface area contributed by atoms with Gasteiger partial charge in [-0.15, -0.1) is 0 Å². The first-order valence-electron chi connectivity index (χ1n) is 6.38. The Bertz CT molecular complexity index is 496. The second-order valence-corrected chi connectivity index (χ2v) is 5.56. The lowest BCUT2D eigenvalue weighted by Gasteiger charge is -2.22. The van der Waals surface area contributed by atoms with Gasteiger partial charge in [0.1, 0.15) is 0 Å². The van der Waals surface area contributed by atoms with Crippen molar-refractivity contribution in [1.82, 2.24) is 10.9 Å². The van der Waals surface area contributed by atoms with Gasteiger partial charge in [-0.05, 0) is 25.0 Å². The van der Waals surface area contributed by atoms with Crippen molar-refractivity contribution < 1.29 is 9.59 Å². The van der Waals surface area contributed by atoms with Crippen LogP contribution in [0.2, 0.25) is 5.02 Å². The van der Waals surface area contributed by atoms with E-state index in [2.05, 4.69) is 10.9 Å². The summed E-state index contributed by atoms with van der Waals surface area (Å²) in [4.78, 5) is 23.9. The number of hydrazine groups is 1. The average molecular weight is 281 g/mol. The van der Waals surface area contributed by atoms with E-state index in [4.69, 9.17) is 11.6 Å². The summed E-state index contributed by atoms with van der Waals surface area (Å²) in [6.07, 6.45) is 3.84. The summed E-state index contributed by atoms with van der Waals surface area (Å²) in [5.41, 5.74) is 4.89. The number of rotatable bonds is 2. The normalized spacial score (nSPS) is 16.9. The summed E-state index contributed by atoms with van der Waals surface area (Å²) < 4.78 is 0. The Hall–Kier alpha value is -1.55. The molecule has 2 N–H and O–H groups in total. The molecule has 4 nitrogen and oxygen atoms in total. The van der Waals surface area contributed by atoms with E-state index in [1.807, 2.05) is 6.92 Å². The molecule has 1 aliphatic carbocycles. The third kappa shape index (κ3) is 3.07. The van der Waals surface area contributed by atoms with Gasteiger partial charge in [0.05, 0.1) is 10.6 Å². The van der Waals surface area contributed by atoms with Crippen LogP contribution in [-0.2, 0) is 4.79 Å². The highest BCUT2D eigenvalue weighted by atomic mass is 35.5. The zero-order chi connectivity index (χ0) is 13.9. The van der Waals surface area contributed by atoms with Crippen LogP contribution in [0.5, 0.6) is 0 Å². The van der Waals surface area contributed by atoms with Crippen molar-refractivity contribution in [2.24, 2.45) is 5.41 Å². The third-order valence-corrected chi connectivity index (χ3v) is 3.99. The van der Waals surface area contributed by atoms with Crippen molar-refractivity contribution in [1.29, 1.82) is 0 Å². The van der Waals surface area contributed by atoms with E-state index >= 15 is 0 Å². The van der Waals surface area contributed by atoms with Crippen LogP contribution in [-0.4, -0.2) is 11.8 Å². The van der Waals surface area contributed by atoms with Gasteiger partial charge in [-0.2, -0.15) is 0 Å². The number of benzene rings is 1. The van der Waals surface area contributed by atoms with Gasteiger partial charge in [0, 0.05) is 5.41 Å². The fourth-order valence-corrected chi connectivity index (χ4v) is 2.58. The summed E-state index contributed by atoms with van der Waals surface area (Å²) in [7, 11) is 0. The summed E-state index contributed by atoms with van der Waals surface area (Å²) in [5, 5.41) is 0.362. The van der Waals surface area contributed by atoms with Gasteiger partial charge in [0.15, 0.2) is 0 Å². The van der Waals surface area contributed by atoms with Crippen molar-refractivity contribution in [3.05, 3.63) is 34.9 Å². The molecule has 0 unspecified atom stereocenters. The third-order valence-electron chi connectivity index (χ3n) is 3.66. The van der Waals surface area contributed by atoms with Gasteiger partial charge in [0.25, 0.3) is 5.91 Å². The molecule has 5 heteroatoms. The van der Waals surface area contributed by atoms with Crippen LogP contribution in [0.1, 0.15) is 43.0 Å². The number of nitrogens with one attached hydrogen (secondary N) is 2. The predicted molar refractivity (Wildman–Crippen MR) is 73.6 cm³/mol. The lowest BCUT2D eigenvalue weighted by atomic mass is 9.88. The molecule has 19 heavy (non-hydrogen) atoms. The first-order chi connectivity index (χ1) is 9.03. The van der Waals surface area contributed by atoms with E-state index in [1.165, 1.54) is 0 Å². The highest BCUT2D eigenvalue weighted by Crippen LogP contribution is 2.37. The molecule has 0 aliphatic heterocycles. The number of hydrogen-bond donors (Lipinski definition) is 2. The number of carbonyl (C=O) groups excluding carboxylic acids is 2. The summed E-state index contributed by atoms with van der Waals surface area (Å²) in [6, 6.07) is 6.72. The van der Waals surface area contributed by atoms with E-state index in [-0.39, 0.29) is 11.3 Å². The monoisotopic (exact) mass is 280 g/mol. The highest BCUT2D eigenvalue weighted by Gasteiger charge is 2.36. The lowest BCUT2D eigenvalue weighted by Crippen LogP contribution is -2.47. The van der Waals surface area contributed by atoms with Crippen LogP contribution in [0.4, 0.5) is 0 Å². The number of halogens is 1. The Morgan fingerprint density at radius 1 is 1.16 bits per heavy atom.